The third kappa shape index (κ3) is 4.08. The summed E-state index contributed by atoms with van der Waals surface area (Å²) in [6, 6.07) is 71.6. The Hall–Kier alpha value is -6.96. The van der Waals surface area contributed by atoms with Gasteiger partial charge in [-0.2, -0.15) is 0 Å². The maximum absolute atomic E-state index is 2.58. The molecule has 13 rings (SSSR count). The van der Waals surface area contributed by atoms with Crippen molar-refractivity contribution in [1.82, 2.24) is 0 Å². The molecule has 0 radical (unpaired) electrons. The molecule has 1 heteroatoms. The first-order chi connectivity index (χ1) is 29.3. The minimum absolute atomic E-state index is 0.134. The lowest BCUT2D eigenvalue weighted by atomic mass is 9.70. The Labute approximate surface area is 352 Å². The van der Waals surface area contributed by atoms with E-state index in [-0.39, 0.29) is 10.8 Å². The van der Waals surface area contributed by atoms with Gasteiger partial charge in [0.15, 0.2) is 0 Å². The number of benzene rings is 9. The first-order valence-corrected chi connectivity index (χ1v) is 21.4. The second kappa shape index (κ2) is 11.6. The zero-order valence-corrected chi connectivity index (χ0v) is 34.3. The molecule has 0 heterocycles. The molecule has 4 aliphatic carbocycles. The lowest BCUT2D eigenvalue weighted by Crippen LogP contribution is -2.26. The van der Waals surface area contributed by atoms with Crippen molar-refractivity contribution in [2.45, 2.75) is 43.9 Å². The fraction of sp³-hybridized carbons (Fsp3) is 0.119. The Kier molecular flexibility index (Phi) is 6.57. The van der Waals surface area contributed by atoms with E-state index in [4.69, 9.17) is 0 Å². The predicted molar refractivity (Wildman–Crippen MR) is 250 cm³/mol. The molecule has 0 aromatic heterocycles. The van der Waals surface area contributed by atoms with Crippen LogP contribution in [-0.2, 0) is 16.2 Å². The molecular formula is C59H43N. The van der Waals surface area contributed by atoms with Gasteiger partial charge < -0.3 is 4.90 Å². The van der Waals surface area contributed by atoms with Crippen LogP contribution < -0.4 is 4.90 Å². The van der Waals surface area contributed by atoms with E-state index in [1.54, 1.807) is 0 Å². The molecule has 4 aliphatic rings. The van der Waals surface area contributed by atoms with Crippen molar-refractivity contribution in [1.29, 1.82) is 0 Å². The Morgan fingerprint density at radius 2 is 0.767 bits per heavy atom. The molecule has 9 aromatic rings. The molecule has 0 saturated carbocycles. The van der Waals surface area contributed by atoms with E-state index in [1.165, 1.54) is 117 Å². The molecule has 9 aromatic carbocycles. The van der Waals surface area contributed by atoms with Crippen LogP contribution in [0, 0.1) is 0 Å². The topological polar surface area (TPSA) is 3.24 Å². The molecule has 60 heavy (non-hydrogen) atoms. The van der Waals surface area contributed by atoms with Crippen LogP contribution in [0.15, 0.2) is 188 Å². The molecule has 0 bridgehead atoms. The average molecular weight is 766 g/mol. The molecule has 0 amide bonds. The quantitative estimate of drug-likeness (QED) is 0.173. The fourth-order valence-corrected chi connectivity index (χ4v) is 12.2. The number of anilines is 3. The van der Waals surface area contributed by atoms with Crippen LogP contribution in [0.4, 0.5) is 17.1 Å². The molecule has 0 saturated heterocycles. The SMILES string of the molecule is CC1(C)c2ccccc2-c2ccc(N(c3ccc4c(c3)C(C)(C)c3ccccc3-4)c3cccc4c3-c3ccccc3C43c4ccccc4-c4c3ccc3ccccc43)cc21. The van der Waals surface area contributed by atoms with Gasteiger partial charge in [0.2, 0.25) is 0 Å². The summed E-state index contributed by atoms with van der Waals surface area (Å²) in [4.78, 5) is 2.58. The summed E-state index contributed by atoms with van der Waals surface area (Å²) in [5.74, 6) is 0. The second-order valence-electron chi connectivity index (χ2n) is 18.4. The van der Waals surface area contributed by atoms with E-state index in [2.05, 4.69) is 221 Å². The van der Waals surface area contributed by atoms with Gasteiger partial charge in [-0.1, -0.05) is 185 Å². The minimum atomic E-state index is -0.466. The third-order valence-corrected chi connectivity index (χ3v) is 14.9. The van der Waals surface area contributed by atoms with Gasteiger partial charge in [-0.15, -0.1) is 0 Å². The van der Waals surface area contributed by atoms with E-state index in [1.807, 2.05) is 0 Å². The number of hydrogen-bond donors (Lipinski definition) is 0. The van der Waals surface area contributed by atoms with Gasteiger partial charge in [-0.3, -0.25) is 0 Å². The molecule has 1 atom stereocenters. The molecule has 0 aliphatic heterocycles. The summed E-state index contributed by atoms with van der Waals surface area (Å²) >= 11 is 0. The predicted octanol–water partition coefficient (Wildman–Crippen LogP) is 15.3. The van der Waals surface area contributed by atoms with Crippen molar-refractivity contribution in [3.63, 3.8) is 0 Å². The number of nitrogens with zero attached hydrogens (tertiary/aromatic N) is 1. The highest BCUT2D eigenvalue weighted by molar-refractivity contribution is 6.08. The molecule has 284 valence electrons. The van der Waals surface area contributed by atoms with Crippen LogP contribution in [0.2, 0.25) is 0 Å². The largest absolute Gasteiger partial charge is 0.310 e. The smallest absolute Gasteiger partial charge is 0.0726 e. The minimum Gasteiger partial charge on any atom is -0.310 e. The Balaban J connectivity index is 1.11. The Morgan fingerprint density at radius 3 is 1.37 bits per heavy atom. The lowest BCUT2D eigenvalue weighted by molar-refractivity contribution is 0.660. The van der Waals surface area contributed by atoms with Crippen LogP contribution >= 0.6 is 0 Å². The fourth-order valence-electron chi connectivity index (χ4n) is 12.2. The van der Waals surface area contributed by atoms with E-state index >= 15 is 0 Å². The van der Waals surface area contributed by atoms with Gasteiger partial charge in [-0.05, 0) is 125 Å². The molecule has 0 fully saturated rings. The first kappa shape index (κ1) is 34.0. The maximum atomic E-state index is 2.58. The van der Waals surface area contributed by atoms with Crippen LogP contribution in [0.5, 0.6) is 0 Å². The number of rotatable bonds is 3. The standard InChI is InChI=1S/C59H43N/c1-57(2)46-22-11-7-18-40(46)42-31-29-37(34-52(42)57)60(38-30-32-43-41-19-8-12-23-47(41)58(3,4)53(43)35-38)54-27-15-26-50-56(54)45-21-10-14-25-49(45)59(50)48-24-13-9-20-44(48)55-39-17-6-5-16-36(39)28-33-51(55)59/h5-35H,1-4H3. The normalized spacial score (nSPS) is 17.3. The van der Waals surface area contributed by atoms with Crippen molar-refractivity contribution in [2.75, 3.05) is 4.90 Å². The lowest BCUT2D eigenvalue weighted by Gasteiger charge is -2.33. The van der Waals surface area contributed by atoms with Gasteiger partial charge in [0.1, 0.15) is 0 Å². The van der Waals surface area contributed by atoms with Gasteiger partial charge >= 0.3 is 0 Å². The van der Waals surface area contributed by atoms with Gasteiger partial charge in [0.25, 0.3) is 0 Å². The summed E-state index contributed by atoms with van der Waals surface area (Å²) in [6.07, 6.45) is 0. The van der Waals surface area contributed by atoms with E-state index in [0.717, 1.165) is 0 Å². The van der Waals surface area contributed by atoms with E-state index < -0.39 is 5.41 Å². The zero-order valence-electron chi connectivity index (χ0n) is 34.3. The summed E-state index contributed by atoms with van der Waals surface area (Å²) < 4.78 is 0. The van der Waals surface area contributed by atoms with Crippen LogP contribution in [-0.4, -0.2) is 0 Å². The summed E-state index contributed by atoms with van der Waals surface area (Å²) in [7, 11) is 0. The second-order valence-corrected chi connectivity index (χ2v) is 18.4. The van der Waals surface area contributed by atoms with Crippen molar-refractivity contribution < 1.29 is 0 Å². The highest BCUT2D eigenvalue weighted by Gasteiger charge is 2.53. The van der Waals surface area contributed by atoms with Gasteiger partial charge in [0, 0.05) is 27.8 Å². The third-order valence-electron chi connectivity index (χ3n) is 14.9. The molecule has 1 unspecified atom stereocenters. The average Bonchev–Trinajstić information content (AvgIpc) is 3.92. The maximum Gasteiger partial charge on any atom is 0.0726 e. The van der Waals surface area contributed by atoms with Crippen molar-refractivity contribution >= 4 is 27.8 Å². The van der Waals surface area contributed by atoms with Crippen LogP contribution in [0.25, 0.3) is 55.3 Å². The molecular weight excluding hydrogens is 723 g/mol. The van der Waals surface area contributed by atoms with Crippen LogP contribution in [0.1, 0.15) is 72.2 Å². The highest BCUT2D eigenvalue weighted by atomic mass is 15.1. The van der Waals surface area contributed by atoms with Crippen molar-refractivity contribution in [3.8, 4) is 44.5 Å². The number of fused-ring (bicyclic) bond motifs is 18. The van der Waals surface area contributed by atoms with Crippen molar-refractivity contribution in [2.24, 2.45) is 0 Å². The van der Waals surface area contributed by atoms with Crippen LogP contribution in [0.3, 0.4) is 0 Å². The zero-order chi connectivity index (χ0) is 40.1. The molecule has 1 spiro atoms. The molecule has 0 N–H and O–H groups in total. The Bertz CT molecular complexity index is 3240. The van der Waals surface area contributed by atoms with E-state index in [9.17, 15) is 0 Å². The van der Waals surface area contributed by atoms with Gasteiger partial charge in [0.05, 0.1) is 11.1 Å². The highest BCUT2D eigenvalue weighted by Crippen LogP contribution is 2.66. The van der Waals surface area contributed by atoms with Crippen molar-refractivity contribution in [3.05, 3.63) is 233 Å². The number of hydrogen-bond acceptors (Lipinski definition) is 1. The summed E-state index contributed by atoms with van der Waals surface area (Å²) in [6.45, 7) is 9.55. The summed E-state index contributed by atoms with van der Waals surface area (Å²) in [5.41, 5.74) is 24.4. The monoisotopic (exact) mass is 765 g/mol. The summed E-state index contributed by atoms with van der Waals surface area (Å²) in [5, 5.41) is 2.59. The van der Waals surface area contributed by atoms with E-state index in [0.29, 0.717) is 0 Å². The molecule has 1 nitrogen and oxygen atoms in total. The van der Waals surface area contributed by atoms with Gasteiger partial charge in [-0.25, -0.2) is 0 Å². The first-order valence-electron chi connectivity index (χ1n) is 21.4. The Morgan fingerprint density at radius 1 is 0.317 bits per heavy atom.